The zero-order valence-electron chi connectivity index (χ0n) is 12.1. The van der Waals surface area contributed by atoms with Crippen LogP contribution in [0.2, 0.25) is 5.15 Å². The Bertz CT molecular complexity index is 805. The smallest absolute Gasteiger partial charge is 0.252 e. The van der Waals surface area contributed by atoms with Crippen LogP contribution < -0.4 is 10.6 Å². The number of fused-ring (bicyclic) bond motifs is 1. The number of halogens is 1. The van der Waals surface area contributed by atoms with Gasteiger partial charge >= 0.3 is 0 Å². The van der Waals surface area contributed by atoms with Crippen LogP contribution >= 0.6 is 23.1 Å². The van der Waals surface area contributed by atoms with E-state index in [-0.39, 0.29) is 5.91 Å². The normalized spacial score (nSPS) is 10.7. The molecule has 0 aliphatic rings. The van der Waals surface area contributed by atoms with E-state index in [1.54, 1.807) is 18.3 Å². The van der Waals surface area contributed by atoms with Crippen LogP contribution in [0.4, 0.5) is 5.82 Å². The summed E-state index contributed by atoms with van der Waals surface area (Å²) in [6.07, 6.45) is 4.00. The van der Waals surface area contributed by atoms with Gasteiger partial charge in [-0.2, -0.15) is 4.37 Å². The first-order valence-electron chi connectivity index (χ1n) is 7.08. The van der Waals surface area contributed by atoms with Crippen molar-refractivity contribution in [2.45, 2.75) is 6.42 Å². The van der Waals surface area contributed by atoms with Crippen LogP contribution in [0.15, 0.2) is 36.7 Å². The maximum Gasteiger partial charge on any atom is 0.252 e. The molecule has 118 valence electrons. The first-order valence-corrected chi connectivity index (χ1v) is 8.23. The number of rotatable bonds is 6. The van der Waals surface area contributed by atoms with E-state index in [9.17, 15) is 4.79 Å². The number of hydrogen-bond acceptors (Lipinski definition) is 6. The molecule has 3 rings (SSSR count). The second kappa shape index (κ2) is 7.34. The fourth-order valence-corrected chi connectivity index (χ4v) is 2.84. The number of amides is 1. The highest BCUT2D eigenvalue weighted by Crippen LogP contribution is 2.23. The molecule has 0 atom stereocenters. The molecule has 0 radical (unpaired) electrons. The number of carbonyl (C=O) groups is 1. The Balaban J connectivity index is 1.43. The van der Waals surface area contributed by atoms with Crippen LogP contribution in [0.5, 0.6) is 0 Å². The molecule has 0 bridgehead atoms. The van der Waals surface area contributed by atoms with Gasteiger partial charge in [-0.3, -0.25) is 4.79 Å². The number of aromatic nitrogens is 3. The molecular weight excluding hydrogens is 334 g/mol. The molecule has 3 heterocycles. The van der Waals surface area contributed by atoms with Crippen LogP contribution in [0.25, 0.3) is 10.2 Å². The van der Waals surface area contributed by atoms with Gasteiger partial charge in [0.15, 0.2) is 0 Å². The monoisotopic (exact) mass is 347 g/mol. The highest BCUT2D eigenvalue weighted by molar-refractivity contribution is 7.13. The summed E-state index contributed by atoms with van der Waals surface area (Å²) in [5.41, 5.74) is 0.499. The third-order valence-electron chi connectivity index (χ3n) is 3.17. The van der Waals surface area contributed by atoms with Crippen molar-refractivity contribution in [2.24, 2.45) is 0 Å². The molecule has 0 unspecified atom stereocenters. The van der Waals surface area contributed by atoms with Crippen LogP contribution in [0.1, 0.15) is 16.8 Å². The molecule has 0 fully saturated rings. The topological polar surface area (TPSA) is 79.8 Å². The minimum Gasteiger partial charge on any atom is -0.369 e. The number of anilines is 1. The molecule has 0 saturated heterocycles. The van der Waals surface area contributed by atoms with E-state index in [1.807, 2.05) is 12.1 Å². The number of hydrogen-bond donors (Lipinski definition) is 2. The first-order chi connectivity index (χ1) is 11.2. The van der Waals surface area contributed by atoms with Crippen molar-refractivity contribution in [3.05, 3.63) is 47.4 Å². The summed E-state index contributed by atoms with van der Waals surface area (Å²) >= 11 is 7.06. The van der Waals surface area contributed by atoms with Crippen molar-refractivity contribution in [3.8, 4) is 0 Å². The van der Waals surface area contributed by atoms with Gasteiger partial charge in [0.05, 0.1) is 10.9 Å². The Morgan fingerprint density at radius 2 is 2.13 bits per heavy atom. The van der Waals surface area contributed by atoms with Crippen LogP contribution in [-0.2, 0) is 0 Å². The summed E-state index contributed by atoms with van der Waals surface area (Å²) in [6, 6.07) is 7.13. The molecule has 1 amide bonds. The van der Waals surface area contributed by atoms with Crippen LogP contribution in [0.3, 0.4) is 0 Å². The predicted octanol–water partition coefficient (Wildman–Crippen LogP) is 2.97. The lowest BCUT2D eigenvalue weighted by Gasteiger charge is -2.06. The summed E-state index contributed by atoms with van der Waals surface area (Å²) < 4.78 is 4.34. The van der Waals surface area contributed by atoms with Gasteiger partial charge in [-0.25, -0.2) is 9.97 Å². The number of nitrogens with zero attached hydrogens (tertiary/aromatic N) is 3. The molecule has 0 spiro atoms. The van der Waals surface area contributed by atoms with E-state index in [0.717, 1.165) is 22.5 Å². The van der Waals surface area contributed by atoms with Gasteiger partial charge in [0, 0.05) is 25.5 Å². The van der Waals surface area contributed by atoms with Gasteiger partial charge < -0.3 is 10.6 Å². The van der Waals surface area contributed by atoms with E-state index in [1.165, 1.54) is 17.7 Å². The molecule has 0 saturated carbocycles. The third-order valence-corrected chi connectivity index (χ3v) is 4.17. The Labute approximate surface area is 142 Å². The molecule has 6 nitrogen and oxygen atoms in total. The van der Waals surface area contributed by atoms with Gasteiger partial charge in [-0.15, -0.1) is 0 Å². The minimum atomic E-state index is -0.155. The SMILES string of the molecule is O=C(NCCCNc1nsc2ncccc12)c1ccc(Cl)nc1. The summed E-state index contributed by atoms with van der Waals surface area (Å²) in [7, 11) is 0. The summed E-state index contributed by atoms with van der Waals surface area (Å²) in [5, 5.41) is 7.50. The highest BCUT2D eigenvalue weighted by atomic mass is 35.5. The van der Waals surface area contributed by atoms with E-state index < -0.39 is 0 Å². The Morgan fingerprint density at radius 1 is 1.22 bits per heavy atom. The summed E-state index contributed by atoms with van der Waals surface area (Å²) in [4.78, 5) is 20.9. The third kappa shape index (κ3) is 3.94. The van der Waals surface area contributed by atoms with E-state index in [2.05, 4.69) is 25.0 Å². The number of nitrogens with one attached hydrogen (secondary N) is 2. The average molecular weight is 348 g/mol. The molecule has 3 aromatic rings. The van der Waals surface area contributed by atoms with Gasteiger partial charge in [0.1, 0.15) is 15.8 Å². The van der Waals surface area contributed by atoms with Crippen molar-refractivity contribution in [1.29, 1.82) is 0 Å². The quantitative estimate of drug-likeness (QED) is 0.529. The second-order valence-corrected chi connectivity index (χ2v) is 5.93. The molecule has 2 N–H and O–H groups in total. The Hall–Kier alpha value is -2.25. The predicted molar refractivity (Wildman–Crippen MR) is 92.1 cm³/mol. The average Bonchev–Trinajstić information content (AvgIpc) is 2.98. The van der Waals surface area contributed by atoms with Crippen molar-refractivity contribution in [3.63, 3.8) is 0 Å². The molecule has 23 heavy (non-hydrogen) atoms. The highest BCUT2D eigenvalue weighted by Gasteiger charge is 2.06. The minimum absolute atomic E-state index is 0.155. The molecule has 3 aromatic heterocycles. The largest absolute Gasteiger partial charge is 0.369 e. The lowest BCUT2D eigenvalue weighted by molar-refractivity contribution is 0.0953. The molecule has 0 aliphatic heterocycles. The van der Waals surface area contributed by atoms with Gasteiger partial charge in [-0.05, 0) is 42.2 Å². The summed E-state index contributed by atoms with van der Waals surface area (Å²) in [5.74, 6) is 0.684. The molecule has 0 aliphatic carbocycles. The van der Waals surface area contributed by atoms with Gasteiger partial charge in [0.2, 0.25) is 0 Å². The zero-order chi connectivity index (χ0) is 16.1. The van der Waals surface area contributed by atoms with Crippen LogP contribution in [-0.4, -0.2) is 33.3 Å². The van der Waals surface area contributed by atoms with Crippen molar-refractivity contribution < 1.29 is 4.79 Å². The Kier molecular flexibility index (Phi) is 4.99. The molecule has 8 heteroatoms. The van der Waals surface area contributed by atoms with Crippen molar-refractivity contribution in [1.82, 2.24) is 19.7 Å². The van der Waals surface area contributed by atoms with E-state index >= 15 is 0 Å². The fraction of sp³-hybridized carbons (Fsp3) is 0.200. The number of pyridine rings is 2. The van der Waals surface area contributed by atoms with Crippen LogP contribution in [0, 0.1) is 0 Å². The molecular formula is C15H14ClN5OS. The van der Waals surface area contributed by atoms with E-state index in [4.69, 9.17) is 11.6 Å². The Morgan fingerprint density at radius 3 is 2.96 bits per heavy atom. The second-order valence-electron chi connectivity index (χ2n) is 4.79. The number of carbonyl (C=O) groups excluding carboxylic acids is 1. The van der Waals surface area contributed by atoms with Gasteiger partial charge in [0.25, 0.3) is 5.91 Å². The van der Waals surface area contributed by atoms with E-state index in [0.29, 0.717) is 23.8 Å². The van der Waals surface area contributed by atoms with Crippen molar-refractivity contribution in [2.75, 3.05) is 18.4 Å². The fourth-order valence-electron chi connectivity index (χ4n) is 2.02. The first kappa shape index (κ1) is 15.6. The lowest BCUT2D eigenvalue weighted by atomic mass is 10.2. The zero-order valence-corrected chi connectivity index (χ0v) is 13.7. The maximum absolute atomic E-state index is 11.9. The summed E-state index contributed by atoms with van der Waals surface area (Å²) in [6.45, 7) is 1.28. The maximum atomic E-state index is 11.9. The van der Waals surface area contributed by atoms with Gasteiger partial charge in [-0.1, -0.05) is 11.6 Å². The molecule has 0 aromatic carbocycles. The standard InChI is InChI=1S/C15H14ClN5OS/c16-12-5-4-10(9-20-12)14(22)18-8-2-7-17-13-11-3-1-6-19-15(11)23-21-13/h1,3-6,9H,2,7-8H2,(H,17,21)(H,18,22). The lowest BCUT2D eigenvalue weighted by Crippen LogP contribution is -2.25. The van der Waals surface area contributed by atoms with Crippen molar-refractivity contribution >= 4 is 45.1 Å².